The molecule has 12 unspecified atom stereocenters. The Balaban J connectivity index is 0.000000336. The Morgan fingerprint density at radius 3 is 1.23 bits per heavy atom. The van der Waals surface area contributed by atoms with Crippen LogP contribution in [-0.4, -0.2) is 309 Å². The third-order valence-corrected chi connectivity index (χ3v) is 25.9. The molecule has 0 bridgehead atoms. The Morgan fingerprint density at radius 2 is 0.901 bits per heavy atom. The van der Waals surface area contributed by atoms with Gasteiger partial charge >= 0.3 is 17.9 Å². The number of amides is 3. The number of hydrogen-bond acceptors (Lipinski definition) is 33. The number of Topliss-reactive ketones (excluding diaryl/α,β-unsaturated/α-hetero) is 2. The normalized spacial score (nSPS) is 35.2. The van der Waals surface area contributed by atoms with Crippen LogP contribution in [0.3, 0.4) is 0 Å². The standard InChI is InChI=1S/C40H63N3O15S.C35H60N2O14.C5H5NO2S.2CH4/c1-5-23-15-24(25(46)12-9-13-41-36(51)37-42-19(2)18-59-37)16-26(34(23)58-40-33(50)32(49)30(47)20(3)54-40)56-39-29(43-21(4)45)35(31(48)28(17-44)57-39)55-27(38(52)53)14-22-10-7-6-8-11-22;1-4-20-14-21(22(40)11-8-12-36)15-23(31(20)51-35-30(44)29(43)27(41)17(2)47-35)49-34-26(37-18(3)39)32(28(42)25(16-38)50-34)48-24(33(45)46)13-19-9-6-5-7-10-19;1-3-2-9-4(6-3)5(7)8;;/h18,20,22-24,26-35,39-40,44,47-50H,5-17H2,1-4H3,(H,41,51)(H,43,45)(H,52,53);17,19-21,23-32,34-35,38,41-44H,4-16,36H2,1-3H3,(H,37,39)(H,45,46);2H,1H3,(H,7,8);2*1H4/t20-,23?,24?,26+,27-,28-,29?,30-,31-,32?,33-,34+,35?,39+,40?;17-,20?,21?,23+,24-,25-,26?,27-,28-,29?,30-,31+,32?,34+,35?;;;/m00.../s1. The van der Waals surface area contributed by atoms with E-state index in [-0.39, 0.29) is 100 Å². The van der Waals surface area contributed by atoms with E-state index in [0.717, 1.165) is 86.9 Å². The summed E-state index contributed by atoms with van der Waals surface area (Å²) in [4.78, 5) is 108. The van der Waals surface area contributed by atoms with Gasteiger partial charge in [-0.1, -0.05) is 106 Å². The highest BCUT2D eigenvalue weighted by molar-refractivity contribution is 7.12. The van der Waals surface area contributed by atoms with Crippen molar-refractivity contribution in [1.82, 2.24) is 25.9 Å². The van der Waals surface area contributed by atoms with Gasteiger partial charge in [0.2, 0.25) is 16.8 Å². The van der Waals surface area contributed by atoms with Gasteiger partial charge in [-0.2, -0.15) is 0 Å². The number of nitrogens with two attached hydrogens (primary N) is 1. The summed E-state index contributed by atoms with van der Waals surface area (Å²) in [5, 5.41) is 148. The Labute approximate surface area is 715 Å². The number of ether oxygens (including phenoxy) is 10. The number of ketones is 2. The summed E-state index contributed by atoms with van der Waals surface area (Å²) < 4.78 is 62.0. The second-order valence-electron chi connectivity index (χ2n) is 32.9. The number of carboxylic acid groups (broad SMARTS) is 3. The zero-order valence-electron chi connectivity index (χ0n) is 69.0. The van der Waals surface area contributed by atoms with Gasteiger partial charge in [0.15, 0.2) is 42.4 Å². The second kappa shape index (κ2) is 50.2. The van der Waals surface area contributed by atoms with Gasteiger partial charge in [-0.05, 0) is 109 Å². The molecule has 0 radical (unpaired) electrons. The van der Waals surface area contributed by atoms with Crippen LogP contribution in [0, 0.1) is 49.4 Å². The van der Waals surface area contributed by atoms with E-state index in [4.69, 9.17) is 58.2 Å². The van der Waals surface area contributed by atoms with Crippen LogP contribution in [0.25, 0.3) is 0 Å². The number of carboxylic acids is 3. The van der Waals surface area contributed by atoms with Crippen molar-refractivity contribution in [3.8, 4) is 0 Å². The maximum atomic E-state index is 13.9. The zero-order chi connectivity index (χ0) is 87.2. The van der Waals surface area contributed by atoms with Crippen molar-refractivity contribution in [1.29, 1.82) is 0 Å². The lowest BCUT2D eigenvalue weighted by Gasteiger charge is -2.49. The first-order valence-corrected chi connectivity index (χ1v) is 43.7. The summed E-state index contributed by atoms with van der Waals surface area (Å²) in [5.41, 5.74) is 7.17. The SMILES string of the molecule is C.C.CCC1CC(C(=O)CCCN)C[C@@H](O[C@@H]2O[C@@H](CO)[C@H](O)C(O[C@@H](CC3CCCCC3)C(=O)O)C2NC(C)=O)[C@@H]1OC1O[C@@H](C)[C@H](O)C(O)[C@@H]1O.CCC1CC(C(=O)CCCNC(=O)c2nc(C)cs2)C[C@@H](O[C@@H]2O[C@@H](CO)[C@H](O)C(O[C@@H](CC3CCCCC3)C(=O)O)C2NC(C)=O)[C@@H]1OC1O[C@@H](C)[C@H](O)C(O)[C@@H]1O.Cc1csc(C(=O)O)n1. The summed E-state index contributed by atoms with van der Waals surface area (Å²) in [6.45, 7) is 12.0. The summed E-state index contributed by atoms with van der Waals surface area (Å²) in [5.74, 6) is -6.57. The highest BCUT2D eigenvalue weighted by Crippen LogP contribution is 2.44. The highest BCUT2D eigenvalue weighted by Gasteiger charge is 2.56. The van der Waals surface area contributed by atoms with Crippen molar-refractivity contribution >= 4 is 69.9 Å². The largest absolute Gasteiger partial charge is 0.479 e. The molecule has 0 aromatic carbocycles. The first kappa shape index (κ1) is 104. The van der Waals surface area contributed by atoms with E-state index >= 15 is 0 Å². The number of aromatic nitrogens is 2. The Kier molecular flexibility index (Phi) is 43.3. The number of nitrogens with zero attached hydrogens (tertiary/aromatic N) is 2. The summed E-state index contributed by atoms with van der Waals surface area (Å²) in [6, 6.07) is -2.55. The van der Waals surface area contributed by atoms with E-state index in [2.05, 4.69) is 25.9 Å². The molecule has 8 aliphatic rings. The molecular formula is C82H136N6O31S2. The number of aliphatic hydroxyl groups is 10. The van der Waals surface area contributed by atoms with Gasteiger partial charge in [-0.25, -0.2) is 24.4 Å². The fraction of sp³-hybridized carbons (Fsp3) is 0.829. The Bertz CT molecular complexity index is 3520. The Morgan fingerprint density at radius 1 is 0.512 bits per heavy atom. The molecule has 6 heterocycles. The number of aliphatic hydroxyl groups excluding tert-OH is 10. The van der Waals surface area contributed by atoms with Gasteiger partial charge in [0.05, 0.1) is 49.8 Å². The predicted molar refractivity (Wildman–Crippen MR) is 435 cm³/mol. The van der Waals surface area contributed by atoms with Gasteiger partial charge in [0.25, 0.3) is 5.91 Å². The fourth-order valence-electron chi connectivity index (χ4n) is 17.4. The van der Waals surface area contributed by atoms with Crippen molar-refractivity contribution in [2.45, 2.75) is 371 Å². The number of aryl methyl sites for hydroxylation is 2. The molecule has 37 nitrogen and oxygen atoms in total. The lowest BCUT2D eigenvalue weighted by Crippen LogP contribution is -2.67. The van der Waals surface area contributed by atoms with Crippen LogP contribution < -0.4 is 21.7 Å². The first-order chi connectivity index (χ1) is 56.6. The molecule has 692 valence electrons. The van der Waals surface area contributed by atoms with E-state index in [1.165, 1.54) is 39.0 Å². The number of nitrogens with one attached hydrogen (secondary N) is 3. The molecule has 2 aromatic rings. The summed E-state index contributed by atoms with van der Waals surface area (Å²) >= 11 is 2.38. The molecule has 30 atom stereocenters. The van der Waals surface area contributed by atoms with Gasteiger partial charge in [0, 0.05) is 67.2 Å². The van der Waals surface area contributed by atoms with Crippen LogP contribution in [0.1, 0.15) is 229 Å². The van der Waals surface area contributed by atoms with Crippen LogP contribution in [-0.2, 0) is 76.1 Å². The molecule has 4 saturated carbocycles. The van der Waals surface area contributed by atoms with Crippen molar-refractivity contribution < 1.29 is 152 Å². The number of hydrogen-bond donors (Lipinski definition) is 17. The minimum Gasteiger partial charge on any atom is -0.479 e. The monoisotopic (exact) mass is 1760 g/mol. The molecule has 18 N–H and O–H groups in total. The number of carbonyl (C=O) groups is 8. The first-order valence-electron chi connectivity index (χ1n) is 41.9. The lowest BCUT2D eigenvalue weighted by molar-refractivity contribution is -0.338. The van der Waals surface area contributed by atoms with Crippen LogP contribution >= 0.6 is 22.7 Å². The van der Waals surface area contributed by atoms with E-state index in [1.807, 2.05) is 13.8 Å². The van der Waals surface area contributed by atoms with Crippen LogP contribution in [0.2, 0.25) is 0 Å². The van der Waals surface area contributed by atoms with Crippen LogP contribution in [0.5, 0.6) is 0 Å². The number of aliphatic carboxylic acids is 2. The van der Waals surface area contributed by atoms with Gasteiger partial charge in [-0.15, -0.1) is 22.7 Å². The number of aromatic carboxylic acids is 1. The third-order valence-electron chi connectivity index (χ3n) is 24.0. The lowest BCUT2D eigenvalue weighted by atomic mass is 9.74. The van der Waals surface area contributed by atoms with Gasteiger partial charge in [-0.3, -0.25) is 24.0 Å². The quantitative estimate of drug-likeness (QED) is 0.0441. The van der Waals surface area contributed by atoms with E-state index in [1.54, 1.807) is 24.6 Å². The molecule has 3 amide bonds. The van der Waals surface area contributed by atoms with Crippen LogP contribution in [0.15, 0.2) is 10.8 Å². The van der Waals surface area contributed by atoms with Crippen LogP contribution in [0.4, 0.5) is 0 Å². The average Bonchev–Trinajstić information content (AvgIpc) is 1.48. The predicted octanol–water partition coefficient (Wildman–Crippen LogP) is 3.10. The molecule has 8 fully saturated rings. The Hall–Kier alpha value is -5.42. The highest BCUT2D eigenvalue weighted by atomic mass is 32.1. The molecule has 39 heteroatoms. The maximum absolute atomic E-state index is 13.9. The van der Waals surface area contributed by atoms with Crippen molar-refractivity contribution in [2.24, 2.45) is 41.2 Å². The van der Waals surface area contributed by atoms with Gasteiger partial charge in [0.1, 0.15) is 96.9 Å². The molecule has 2 aromatic heterocycles. The molecule has 10 rings (SSSR count). The van der Waals surface area contributed by atoms with Crippen molar-refractivity contribution in [3.05, 3.63) is 32.2 Å². The summed E-state index contributed by atoms with van der Waals surface area (Å²) in [7, 11) is 0. The zero-order valence-corrected chi connectivity index (χ0v) is 70.6. The van der Waals surface area contributed by atoms with E-state index < -0.39 is 220 Å². The molecule has 4 aliphatic carbocycles. The minimum atomic E-state index is -1.65. The number of thiazole rings is 2. The topological polar surface area (TPSA) is 580 Å². The van der Waals surface area contributed by atoms with Crippen molar-refractivity contribution in [2.75, 3.05) is 26.3 Å². The molecule has 4 saturated heterocycles. The fourth-order valence-corrected chi connectivity index (χ4v) is 18.7. The smallest absolute Gasteiger partial charge is 0.365 e. The maximum Gasteiger partial charge on any atom is 0.365 e. The molecule has 121 heavy (non-hydrogen) atoms. The third kappa shape index (κ3) is 29.1. The van der Waals surface area contributed by atoms with Crippen molar-refractivity contribution in [3.63, 3.8) is 0 Å². The summed E-state index contributed by atoms with van der Waals surface area (Å²) in [6.07, 6.45) is -18.7. The molecule has 4 aliphatic heterocycles. The minimum absolute atomic E-state index is 0. The second-order valence-corrected chi connectivity index (χ2v) is 34.6. The number of carbonyl (C=O) groups excluding carboxylic acids is 5. The average molecular weight is 1770 g/mol. The molecule has 0 spiro atoms. The molecular weight excluding hydrogens is 1630 g/mol. The van der Waals surface area contributed by atoms with E-state index in [9.17, 15) is 99.6 Å². The number of rotatable bonds is 35. The van der Waals surface area contributed by atoms with Gasteiger partial charge < -0.3 is 135 Å². The van der Waals surface area contributed by atoms with E-state index in [0.29, 0.717) is 50.1 Å².